The van der Waals surface area contributed by atoms with Crippen molar-refractivity contribution in [3.8, 4) is 0 Å². The second-order valence-electron chi connectivity index (χ2n) is 6.75. The van der Waals surface area contributed by atoms with Crippen molar-refractivity contribution in [2.24, 2.45) is 5.92 Å². The number of likely N-dealkylation sites (tertiary alicyclic amines) is 1. The number of piperidine rings is 1. The third-order valence-corrected chi connectivity index (χ3v) is 4.77. The summed E-state index contributed by atoms with van der Waals surface area (Å²) in [7, 11) is 0. The molecule has 2 heterocycles. The minimum absolute atomic E-state index is 0.0352. The highest BCUT2D eigenvalue weighted by Gasteiger charge is 2.35. The number of rotatable bonds is 4. The van der Waals surface area contributed by atoms with Gasteiger partial charge in [-0.2, -0.15) is 0 Å². The Morgan fingerprint density at radius 1 is 1.35 bits per heavy atom. The van der Waals surface area contributed by atoms with Crippen LogP contribution in [0.4, 0.5) is 0 Å². The van der Waals surface area contributed by atoms with Gasteiger partial charge in [0.2, 0.25) is 11.8 Å². The summed E-state index contributed by atoms with van der Waals surface area (Å²) in [6.07, 6.45) is 2.25. The molecule has 0 saturated carbocycles. The molecule has 5 nitrogen and oxygen atoms in total. The Kier molecular flexibility index (Phi) is 4.96. The Morgan fingerprint density at radius 2 is 2.13 bits per heavy atom. The first-order chi connectivity index (χ1) is 11.1. The Bertz CT molecular complexity index is 561. The van der Waals surface area contributed by atoms with Gasteiger partial charge < -0.3 is 15.5 Å². The maximum Gasteiger partial charge on any atom is 0.225 e. The van der Waals surface area contributed by atoms with E-state index in [1.165, 1.54) is 0 Å². The molecule has 2 N–H and O–H groups in total. The Balaban J connectivity index is 1.53. The van der Waals surface area contributed by atoms with Crippen molar-refractivity contribution in [1.82, 2.24) is 15.5 Å². The summed E-state index contributed by atoms with van der Waals surface area (Å²) in [5, 5.41) is 6.52. The lowest BCUT2D eigenvalue weighted by Crippen LogP contribution is -2.48. The van der Waals surface area contributed by atoms with Gasteiger partial charge in [0.25, 0.3) is 0 Å². The van der Waals surface area contributed by atoms with Gasteiger partial charge in [0, 0.05) is 31.6 Å². The summed E-state index contributed by atoms with van der Waals surface area (Å²) >= 11 is 0. The van der Waals surface area contributed by atoms with Gasteiger partial charge in [-0.15, -0.1) is 0 Å². The van der Waals surface area contributed by atoms with Gasteiger partial charge in [-0.05, 0) is 31.9 Å². The molecule has 3 rings (SSSR count). The van der Waals surface area contributed by atoms with E-state index in [0.717, 1.165) is 24.9 Å². The molecular weight excluding hydrogens is 290 g/mol. The van der Waals surface area contributed by atoms with Gasteiger partial charge in [0.05, 0.1) is 5.92 Å². The fourth-order valence-corrected chi connectivity index (χ4v) is 3.49. The number of carbonyl (C=O) groups excluding carboxylic acids is 2. The molecule has 5 heteroatoms. The predicted molar refractivity (Wildman–Crippen MR) is 88.6 cm³/mol. The lowest BCUT2D eigenvalue weighted by atomic mass is 9.99. The van der Waals surface area contributed by atoms with Crippen LogP contribution in [0.15, 0.2) is 30.3 Å². The van der Waals surface area contributed by atoms with Crippen molar-refractivity contribution in [3.05, 3.63) is 35.9 Å². The number of hydrogen-bond donors (Lipinski definition) is 2. The summed E-state index contributed by atoms with van der Waals surface area (Å²) in [5.74, 6) is -0.0999. The minimum Gasteiger partial charge on any atom is -0.353 e. The monoisotopic (exact) mass is 315 g/mol. The van der Waals surface area contributed by atoms with E-state index in [4.69, 9.17) is 0 Å². The molecule has 2 saturated heterocycles. The smallest absolute Gasteiger partial charge is 0.225 e. The highest BCUT2D eigenvalue weighted by Crippen LogP contribution is 2.21. The number of amides is 2. The summed E-state index contributed by atoms with van der Waals surface area (Å²) < 4.78 is 0. The molecule has 23 heavy (non-hydrogen) atoms. The van der Waals surface area contributed by atoms with Crippen LogP contribution in [0.1, 0.15) is 31.7 Å². The first kappa shape index (κ1) is 16.0. The molecule has 0 radical (unpaired) electrons. The zero-order valence-electron chi connectivity index (χ0n) is 13.6. The zero-order valence-corrected chi connectivity index (χ0v) is 13.6. The van der Waals surface area contributed by atoms with E-state index in [-0.39, 0.29) is 23.8 Å². The molecule has 0 bridgehead atoms. The fraction of sp³-hybridized carbons (Fsp3) is 0.556. The first-order valence-corrected chi connectivity index (χ1v) is 8.47. The van der Waals surface area contributed by atoms with E-state index < -0.39 is 0 Å². The van der Waals surface area contributed by atoms with E-state index in [0.29, 0.717) is 25.6 Å². The van der Waals surface area contributed by atoms with Crippen molar-refractivity contribution in [2.75, 3.05) is 13.1 Å². The van der Waals surface area contributed by atoms with Gasteiger partial charge in [0.15, 0.2) is 0 Å². The van der Waals surface area contributed by atoms with Crippen molar-refractivity contribution in [1.29, 1.82) is 0 Å². The predicted octanol–water partition coefficient (Wildman–Crippen LogP) is 1.29. The third kappa shape index (κ3) is 4.10. The second-order valence-corrected chi connectivity index (χ2v) is 6.75. The molecule has 1 aromatic carbocycles. The highest BCUT2D eigenvalue weighted by atomic mass is 16.2. The van der Waals surface area contributed by atoms with E-state index in [2.05, 4.69) is 17.6 Å². The van der Waals surface area contributed by atoms with E-state index in [1.54, 1.807) is 4.90 Å². The summed E-state index contributed by atoms with van der Waals surface area (Å²) in [6.45, 7) is 4.20. The lowest BCUT2D eigenvalue weighted by molar-refractivity contribution is -0.129. The first-order valence-electron chi connectivity index (χ1n) is 8.47. The van der Waals surface area contributed by atoms with Crippen molar-refractivity contribution in [2.45, 2.75) is 44.8 Å². The summed E-state index contributed by atoms with van der Waals surface area (Å²) in [4.78, 5) is 26.4. The minimum atomic E-state index is -0.212. The largest absolute Gasteiger partial charge is 0.353 e. The summed E-state index contributed by atoms with van der Waals surface area (Å²) in [6, 6.07) is 10.6. The average molecular weight is 315 g/mol. The van der Waals surface area contributed by atoms with E-state index in [9.17, 15) is 9.59 Å². The molecule has 0 aliphatic carbocycles. The SMILES string of the molecule is CC1CC(NC(=O)C2CC(=O)N(Cc3ccccc3)C2)CCN1. The number of carbonyl (C=O) groups is 2. The topological polar surface area (TPSA) is 61.4 Å². The van der Waals surface area contributed by atoms with Crippen LogP contribution in [0.3, 0.4) is 0 Å². The molecule has 0 aromatic heterocycles. The Labute approximate surface area is 137 Å². The summed E-state index contributed by atoms with van der Waals surface area (Å²) in [5.41, 5.74) is 1.11. The average Bonchev–Trinajstić information content (AvgIpc) is 2.89. The highest BCUT2D eigenvalue weighted by molar-refractivity contribution is 5.89. The normalized spacial score (nSPS) is 28.0. The maximum absolute atomic E-state index is 12.5. The molecule has 2 fully saturated rings. The van der Waals surface area contributed by atoms with Crippen LogP contribution in [-0.4, -0.2) is 41.9 Å². The quantitative estimate of drug-likeness (QED) is 0.880. The van der Waals surface area contributed by atoms with Crippen molar-refractivity contribution < 1.29 is 9.59 Å². The Morgan fingerprint density at radius 3 is 2.87 bits per heavy atom. The molecule has 2 aliphatic rings. The number of nitrogens with one attached hydrogen (secondary N) is 2. The van der Waals surface area contributed by atoms with Crippen LogP contribution in [0.5, 0.6) is 0 Å². The lowest BCUT2D eigenvalue weighted by Gasteiger charge is -2.29. The number of benzene rings is 1. The zero-order chi connectivity index (χ0) is 16.2. The van der Waals surface area contributed by atoms with Gasteiger partial charge in [-0.25, -0.2) is 0 Å². The van der Waals surface area contributed by atoms with Crippen LogP contribution in [0.25, 0.3) is 0 Å². The van der Waals surface area contributed by atoms with Crippen LogP contribution < -0.4 is 10.6 Å². The molecule has 124 valence electrons. The van der Waals surface area contributed by atoms with Crippen LogP contribution in [0, 0.1) is 5.92 Å². The van der Waals surface area contributed by atoms with Crippen LogP contribution >= 0.6 is 0 Å². The molecular formula is C18H25N3O2. The fourth-order valence-electron chi connectivity index (χ4n) is 3.49. The molecule has 0 spiro atoms. The van der Waals surface area contributed by atoms with Gasteiger partial charge >= 0.3 is 0 Å². The van der Waals surface area contributed by atoms with Crippen LogP contribution in [0.2, 0.25) is 0 Å². The van der Waals surface area contributed by atoms with Gasteiger partial charge in [0.1, 0.15) is 0 Å². The second kappa shape index (κ2) is 7.13. The van der Waals surface area contributed by atoms with Gasteiger partial charge in [-0.3, -0.25) is 9.59 Å². The number of hydrogen-bond acceptors (Lipinski definition) is 3. The van der Waals surface area contributed by atoms with Crippen molar-refractivity contribution in [3.63, 3.8) is 0 Å². The van der Waals surface area contributed by atoms with E-state index >= 15 is 0 Å². The third-order valence-electron chi connectivity index (χ3n) is 4.77. The molecule has 2 aliphatic heterocycles. The van der Waals surface area contributed by atoms with Crippen LogP contribution in [-0.2, 0) is 16.1 Å². The molecule has 2 amide bonds. The maximum atomic E-state index is 12.5. The Hall–Kier alpha value is -1.88. The standard InChI is InChI=1S/C18H25N3O2/c1-13-9-16(7-8-19-13)20-18(23)15-10-17(22)21(12-15)11-14-5-3-2-4-6-14/h2-6,13,15-16,19H,7-12H2,1H3,(H,20,23). The van der Waals surface area contributed by atoms with E-state index in [1.807, 2.05) is 30.3 Å². The van der Waals surface area contributed by atoms with Crippen molar-refractivity contribution >= 4 is 11.8 Å². The molecule has 3 unspecified atom stereocenters. The van der Waals surface area contributed by atoms with Gasteiger partial charge in [-0.1, -0.05) is 30.3 Å². The number of nitrogens with zero attached hydrogens (tertiary/aromatic N) is 1. The molecule has 1 aromatic rings. The molecule has 3 atom stereocenters.